The van der Waals surface area contributed by atoms with Crippen LogP contribution in [0.1, 0.15) is 20.2 Å². The molecule has 0 atom stereocenters. The fourth-order valence-corrected chi connectivity index (χ4v) is 3.01. The number of nitrogens with one attached hydrogen (secondary N) is 3. The van der Waals surface area contributed by atoms with E-state index in [0.717, 1.165) is 23.7 Å². The molecule has 0 aliphatic rings. The van der Waals surface area contributed by atoms with E-state index < -0.39 is 0 Å². The zero-order valence-electron chi connectivity index (χ0n) is 15.7. The molecule has 0 spiro atoms. The maximum Gasteiger partial charge on any atom is 0.251 e. The highest BCUT2D eigenvalue weighted by atomic mass is 127. The van der Waals surface area contributed by atoms with E-state index >= 15 is 0 Å². The van der Waals surface area contributed by atoms with Crippen molar-refractivity contribution in [3.05, 3.63) is 45.9 Å². The van der Waals surface area contributed by atoms with Crippen molar-refractivity contribution in [2.75, 3.05) is 33.8 Å². The third-order valence-corrected chi connectivity index (χ3v) is 4.55. The molecule has 1 aromatic heterocycles. The molecular weight excluding hydrogens is 477 g/mol. The Morgan fingerprint density at radius 1 is 1.15 bits per heavy atom. The molecule has 0 saturated heterocycles. The normalized spacial score (nSPS) is 10.7. The minimum atomic E-state index is -0.114. The Morgan fingerprint density at radius 3 is 2.41 bits per heavy atom. The van der Waals surface area contributed by atoms with Gasteiger partial charge in [0.1, 0.15) is 5.75 Å². The second-order valence-corrected chi connectivity index (χ2v) is 6.84. The van der Waals surface area contributed by atoms with Crippen LogP contribution < -0.4 is 20.7 Å². The number of benzene rings is 1. The van der Waals surface area contributed by atoms with Crippen LogP contribution in [0, 0.1) is 6.92 Å². The molecule has 2 rings (SSSR count). The minimum Gasteiger partial charge on any atom is -0.497 e. The van der Waals surface area contributed by atoms with Gasteiger partial charge in [-0.15, -0.1) is 35.3 Å². The van der Waals surface area contributed by atoms with Gasteiger partial charge in [-0.3, -0.25) is 9.79 Å². The molecule has 3 N–H and O–H groups in total. The molecule has 0 saturated carbocycles. The summed E-state index contributed by atoms with van der Waals surface area (Å²) in [7, 11) is 3.32. The Balaban J connectivity index is 0.00000364. The summed E-state index contributed by atoms with van der Waals surface area (Å²) in [5.74, 6) is 1.32. The molecule has 27 heavy (non-hydrogen) atoms. The maximum absolute atomic E-state index is 12.1. The number of aryl methyl sites for hydroxylation is 1. The van der Waals surface area contributed by atoms with Crippen molar-refractivity contribution in [2.24, 2.45) is 4.99 Å². The van der Waals surface area contributed by atoms with E-state index in [-0.39, 0.29) is 29.9 Å². The lowest BCUT2D eigenvalue weighted by molar-refractivity contribution is 0.0954. The van der Waals surface area contributed by atoms with E-state index in [4.69, 9.17) is 4.74 Å². The summed E-state index contributed by atoms with van der Waals surface area (Å²) in [4.78, 5) is 21.8. The summed E-state index contributed by atoms with van der Waals surface area (Å²) in [6.45, 7) is 3.88. The lowest BCUT2D eigenvalue weighted by Gasteiger charge is -2.12. The largest absolute Gasteiger partial charge is 0.497 e. The lowest BCUT2D eigenvalue weighted by atomic mass is 10.2. The number of rotatable bonds is 8. The molecule has 0 aliphatic carbocycles. The first-order chi connectivity index (χ1) is 12.6. The van der Waals surface area contributed by atoms with Crippen LogP contribution in [-0.4, -0.2) is 50.6 Å². The number of guanidine groups is 1. The Kier molecular flexibility index (Phi) is 10.7. The first-order valence-corrected chi connectivity index (χ1v) is 9.22. The van der Waals surface area contributed by atoms with E-state index in [0.29, 0.717) is 24.6 Å². The van der Waals surface area contributed by atoms with Crippen molar-refractivity contribution in [3.8, 4) is 5.75 Å². The molecule has 1 amide bonds. The number of halogens is 1. The predicted octanol–water partition coefficient (Wildman–Crippen LogP) is 2.22. The van der Waals surface area contributed by atoms with Crippen LogP contribution in [0.15, 0.2) is 35.5 Å². The Morgan fingerprint density at radius 2 is 1.81 bits per heavy atom. The summed E-state index contributed by atoms with van der Waals surface area (Å²) in [5, 5.41) is 10.4. The molecule has 9 heteroatoms. The molecule has 0 radical (unpaired) electrons. The zero-order chi connectivity index (χ0) is 18.8. The first-order valence-electron chi connectivity index (χ1n) is 8.40. The molecule has 0 fully saturated rings. The van der Waals surface area contributed by atoms with E-state index in [1.807, 2.05) is 6.20 Å². The number of amides is 1. The third kappa shape index (κ3) is 8.12. The number of thiazole rings is 1. The smallest absolute Gasteiger partial charge is 0.251 e. The molecule has 7 nitrogen and oxygen atoms in total. The van der Waals surface area contributed by atoms with Crippen LogP contribution in [0.5, 0.6) is 5.75 Å². The number of nitrogens with zero attached hydrogens (tertiary/aromatic N) is 2. The number of aromatic nitrogens is 1. The number of carbonyl (C=O) groups is 1. The minimum absolute atomic E-state index is 0. The number of hydrogen-bond acceptors (Lipinski definition) is 5. The van der Waals surface area contributed by atoms with Crippen LogP contribution in [-0.2, 0) is 6.42 Å². The summed E-state index contributed by atoms with van der Waals surface area (Å²) in [6, 6.07) is 7.01. The van der Waals surface area contributed by atoms with Crippen LogP contribution in [0.2, 0.25) is 0 Å². The molecule has 148 valence electrons. The molecule has 1 heterocycles. The number of ether oxygens (including phenoxy) is 1. The molecule has 2 aromatic rings. The van der Waals surface area contributed by atoms with Crippen LogP contribution in [0.3, 0.4) is 0 Å². The molecule has 0 bridgehead atoms. The summed E-state index contributed by atoms with van der Waals surface area (Å²) in [5.41, 5.74) is 0.604. The van der Waals surface area contributed by atoms with E-state index in [1.54, 1.807) is 49.8 Å². The van der Waals surface area contributed by atoms with Gasteiger partial charge >= 0.3 is 0 Å². The third-order valence-electron chi connectivity index (χ3n) is 3.58. The van der Waals surface area contributed by atoms with Gasteiger partial charge in [0.05, 0.1) is 12.1 Å². The molecule has 0 unspecified atom stereocenters. The maximum atomic E-state index is 12.1. The standard InChI is InChI=1S/C18H25N5O2S.HI/c1-13-12-23-16(26-13)8-9-21-18(19-2)22-11-10-20-17(24)14-4-6-15(25-3)7-5-14;/h4-7,12H,8-11H2,1-3H3,(H,20,24)(H2,19,21,22);1H. The second kappa shape index (κ2) is 12.5. The summed E-state index contributed by atoms with van der Waals surface area (Å²) >= 11 is 1.71. The average Bonchev–Trinajstić information content (AvgIpc) is 3.08. The van der Waals surface area contributed by atoms with Crippen LogP contribution in [0.4, 0.5) is 0 Å². The Labute approximate surface area is 181 Å². The number of carbonyl (C=O) groups excluding carboxylic acids is 1. The van der Waals surface area contributed by atoms with E-state index in [1.165, 1.54) is 4.88 Å². The van der Waals surface area contributed by atoms with Gasteiger partial charge in [-0.2, -0.15) is 0 Å². The molecular formula is C18H26IN5O2S. The van der Waals surface area contributed by atoms with Crippen molar-refractivity contribution in [2.45, 2.75) is 13.3 Å². The lowest BCUT2D eigenvalue weighted by Crippen LogP contribution is -2.42. The predicted molar refractivity (Wildman–Crippen MR) is 121 cm³/mol. The second-order valence-electron chi connectivity index (χ2n) is 5.52. The molecule has 0 aliphatic heterocycles. The van der Waals surface area contributed by atoms with Gasteiger partial charge in [0.25, 0.3) is 5.91 Å². The highest BCUT2D eigenvalue weighted by Gasteiger charge is 2.05. The summed E-state index contributed by atoms with van der Waals surface area (Å²) in [6.07, 6.45) is 2.74. The van der Waals surface area contributed by atoms with Gasteiger partial charge in [-0.25, -0.2) is 4.98 Å². The Bertz CT molecular complexity index is 734. The highest BCUT2D eigenvalue weighted by Crippen LogP contribution is 2.11. The molecule has 1 aromatic carbocycles. The van der Waals surface area contributed by atoms with E-state index in [2.05, 4.69) is 32.9 Å². The van der Waals surface area contributed by atoms with Gasteiger partial charge in [0, 0.05) is 49.7 Å². The van der Waals surface area contributed by atoms with Crippen LogP contribution >= 0.6 is 35.3 Å². The van der Waals surface area contributed by atoms with Gasteiger partial charge in [-0.05, 0) is 31.2 Å². The van der Waals surface area contributed by atoms with E-state index in [9.17, 15) is 4.79 Å². The monoisotopic (exact) mass is 503 g/mol. The number of methoxy groups -OCH3 is 1. The number of aliphatic imine (C=N–C) groups is 1. The fraction of sp³-hybridized carbons (Fsp3) is 0.389. The summed E-state index contributed by atoms with van der Waals surface area (Å²) < 4.78 is 5.08. The van der Waals surface area contributed by atoms with Crippen molar-refractivity contribution in [1.29, 1.82) is 0 Å². The van der Waals surface area contributed by atoms with Gasteiger partial charge in [0.2, 0.25) is 0 Å². The average molecular weight is 503 g/mol. The van der Waals surface area contributed by atoms with Gasteiger partial charge in [0.15, 0.2) is 5.96 Å². The zero-order valence-corrected chi connectivity index (χ0v) is 18.9. The van der Waals surface area contributed by atoms with Crippen molar-refractivity contribution in [3.63, 3.8) is 0 Å². The topological polar surface area (TPSA) is 87.6 Å². The van der Waals surface area contributed by atoms with Crippen molar-refractivity contribution >= 4 is 47.2 Å². The highest BCUT2D eigenvalue weighted by molar-refractivity contribution is 14.0. The van der Waals surface area contributed by atoms with Crippen molar-refractivity contribution < 1.29 is 9.53 Å². The Hall–Kier alpha value is -1.88. The number of hydrogen-bond donors (Lipinski definition) is 3. The van der Waals surface area contributed by atoms with Gasteiger partial charge in [-0.1, -0.05) is 0 Å². The van der Waals surface area contributed by atoms with Crippen LogP contribution in [0.25, 0.3) is 0 Å². The first kappa shape index (κ1) is 23.2. The quantitative estimate of drug-likeness (QED) is 0.223. The SMILES string of the molecule is CN=C(NCCNC(=O)c1ccc(OC)cc1)NCCc1ncc(C)s1.I. The van der Waals surface area contributed by atoms with Gasteiger partial charge < -0.3 is 20.7 Å². The fourth-order valence-electron chi connectivity index (χ4n) is 2.23. The van der Waals surface area contributed by atoms with Crippen molar-refractivity contribution in [1.82, 2.24) is 20.9 Å².